The smallest absolute Gasteiger partial charge is 0.271 e. The Morgan fingerprint density at radius 2 is 2.19 bits per heavy atom. The lowest BCUT2D eigenvalue weighted by Crippen LogP contribution is -2.30. The summed E-state index contributed by atoms with van der Waals surface area (Å²) in [6, 6.07) is 3.54. The van der Waals surface area contributed by atoms with Gasteiger partial charge in [-0.3, -0.25) is 4.79 Å². The Labute approximate surface area is 126 Å². The van der Waals surface area contributed by atoms with Crippen LogP contribution in [-0.4, -0.2) is 48.5 Å². The number of nitrogens with zero attached hydrogens (tertiary/aromatic N) is 2. The summed E-state index contributed by atoms with van der Waals surface area (Å²) in [6.45, 7) is 8.22. The van der Waals surface area contributed by atoms with Crippen LogP contribution in [0.5, 0.6) is 0 Å². The van der Waals surface area contributed by atoms with E-state index in [0.29, 0.717) is 17.8 Å². The first-order valence-corrected chi connectivity index (χ1v) is 7.37. The van der Waals surface area contributed by atoms with E-state index >= 15 is 0 Å². The van der Waals surface area contributed by atoms with Gasteiger partial charge in [0.05, 0.1) is 12.1 Å². The molecule has 0 aliphatic heterocycles. The molecule has 0 saturated carbocycles. The van der Waals surface area contributed by atoms with E-state index in [9.17, 15) is 4.79 Å². The molecule has 1 amide bonds. The number of amides is 1. The van der Waals surface area contributed by atoms with Crippen molar-refractivity contribution in [2.45, 2.75) is 20.3 Å². The summed E-state index contributed by atoms with van der Waals surface area (Å²) in [6.07, 6.45) is 2.52. The van der Waals surface area contributed by atoms with Crippen LogP contribution in [0, 0.1) is 11.8 Å². The summed E-state index contributed by atoms with van der Waals surface area (Å²) in [7, 11) is 0. The Morgan fingerprint density at radius 3 is 2.86 bits per heavy atom. The average molecular weight is 288 g/mol. The molecule has 0 saturated heterocycles. The molecule has 0 unspecified atom stereocenters. The Bertz CT molecular complexity index is 500. The number of nitrogens with two attached hydrogens (primary N) is 1. The molecular weight excluding hydrogens is 264 g/mol. The summed E-state index contributed by atoms with van der Waals surface area (Å²) in [4.78, 5) is 18.6. The van der Waals surface area contributed by atoms with Gasteiger partial charge < -0.3 is 16.0 Å². The van der Waals surface area contributed by atoms with Crippen molar-refractivity contribution >= 4 is 5.91 Å². The lowest BCUT2D eigenvalue weighted by atomic mass is 10.2. The number of carbonyl (C=O) groups excluding carboxylic acids is 1. The van der Waals surface area contributed by atoms with Crippen molar-refractivity contribution in [3.63, 3.8) is 0 Å². The lowest BCUT2D eigenvalue weighted by Gasteiger charge is -2.17. The Hall–Kier alpha value is -1.90. The van der Waals surface area contributed by atoms with Crippen LogP contribution in [0.1, 0.15) is 36.3 Å². The van der Waals surface area contributed by atoms with Gasteiger partial charge in [0.1, 0.15) is 5.69 Å². The highest BCUT2D eigenvalue weighted by Crippen LogP contribution is 2.03. The molecule has 3 N–H and O–H groups in total. The van der Waals surface area contributed by atoms with Crippen molar-refractivity contribution in [3.8, 4) is 11.8 Å². The van der Waals surface area contributed by atoms with Gasteiger partial charge in [-0.1, -0.05) is 25.7 Å². The van der Waals surface area contributed by atoms with E-state index in [1.807, 2.05) is 0 Å². The van der Waals surface area contributed by atoms with Crippen LogP contribution in [-0.2, 0) is 0 Å². The van der Waals surface area contributed by atoms with Crippen molar-refractivity contribution in [3.05, 3.63) is 29.6 Å². The van der Waals surface area contributed by atoms with Crippen LogP contribution in [0.15, 0.2) is 18.3 Å². The van der Waals surface area contributed by atoms with Crippen molar-refractivity contribution in [2.24, 2.45) is 5.73 Å². The second-order valence-corrected chi connectivity index (χ2v) is 4.54. The highest BCUT2D eigenvalue weighted by molar-refractivity contribution is 5.94. The maximum Gasteiger partial charge on any atom is 0.271 e. The van der Waals surface area contributed by atoms with Crippen LogP contribution < -0.4 is 11.1 Å². The second kappa shape index (κ2) is 9.92. The third kappa shape index (κ3) is 5.94. The maximum absolute atomic E-state index is 12.1. The van der Waals surface area contributed by atoms with Gasteiger partial charge in [0.25, 0.3) is 5.91 Å². The zero-order valence-corrected chi connectivity index (χ0v) is 12.9. The molecule has 0 spiro atoms. The molecule has 0 aliphatic carbocycles. The highest BCUT2D eigenvalue weighted by atomic mass is 16.1. The summed E-state index contributed by atoms with van der Waals surface area (Å²) in [5.74, 6) is 5.44. The van der Waals surface area contributed by atoms with Crippen molar-refractivity contribution in [1.82, 2.24) is 15.2 Å². The molecule has 21 heavy (non-hydrogen) atoms. The van der Waals surface area contributed by atoms with E-state index < -0.39 is 0 Å². The Kier molecular flexibility index (Phi) is 8.10. The van der Waals surface area contributed by atoms with E-state index in [4.69, 9.17) is 5.73 Å². The number of hydrogen-bond acceptors (Lipinski definition) is 4. The van der Waals surface area contributed by atoms with Crippen LogP contribution in [0.2, 0.25) is 0 Å². The van der Waals surface area contributed by atoms with E-state index in [0.717, 1.165) is 26.1 Å². The van der Waals surface area contributed by atoms with Gasteiger partial charge >= 0.3 is 0 Å². The summed E-state index contributed by atoms with van der Waals surface area (Å²) >= 11 is 0. The first kappa shape index (κ1) is 17.2. The van der Waals surface area contributed by atoms with Crippen LogP contribution in [0.4, 0.5) is 0 Å². The number of rotatable bonds is 7. The molecule has 0 bridgehead atoms. The van der Waals surface area contributed by atoms with Crippen LogP contribution >= 0.6 is 0 Å². The molecule has 0 radical (unpaired) electrons. The molecular formula is C16H24N4O. The van der Waals surface area contributed by atoms with Crippen LogP contribution in [0.3, 0.4) is 0 Å². The third-order valence-corrected chi connectivity index (χ3v) is 3.18. The SMILES string of the molecule is CCN(CC)CCCNC(=O)c1ncccc1C#CCN. The molecule has 1 heterocycles. The van der Waals surface area contributed by atoms with Gasteiger partial charge in [-0.15, -0.1) is 0 Å². The molecule has 0 aromatic carbocycles. The fraction of sp³-hybridized carbons (Fsp3) is 0.500. The van der Waals surface area contributed by atoms with Crippen LogP contribution in [0.25, 0.3) is 0 Å². The molecule has 1 aromatic rings. The van der Waals surface area contributed by atoms with Gasteiger partial charge in [0.2, 0.25) is 0 Å². The molecule has 0 atom stereocenters. The molecule has 5 heteroatoms. The zero-order valence-electron chi connectivity index (χ0n) is 12.9. The molecule has 0 fully saturated rings. The number of carbonyl (C=O) groups is 1. The summed E-state index contributed by atoms with van der Waals surface area (Å²) in [5, 5.41) is 2.89. The zero-order chi connectivity index (χ0) is 15.5. The van der Waals surface area contributed by atoms with Gasteiger partial charge in [0, 0.05) is 12.7 Å². The third-order valence-electron chi connectivity index (χ3n) is 3.18. The van der Waals surface area contributed by atoms with Crippen molar-refractivity contribution in [2.75, 3.05) is 32.7 Å². The largest absolute Gasteiger partial charge is 0.351 e. The minimum Gasteiger partial charge on any atom is -0.351 e. The predicted octanol–water partition coefficient (Wildman–Crippen LogP) is 0.854. The number of aromatic nitrogens is 1. The maximum atomic E-state index is 12.1. The Balaban J connectivity index is 2.52. The van der Waals surface area contributed by atoms with Crippen molar-refractivity contribution < 1.29 is 4.79 Å². The second-order valence-electron chi connectivity index (χ2n) is 4.54. The fourth-order valence-electron chi connectivity index (χ4n) is 1.96. The topological polar surface area (TPSA) is 71.2 Å². The predicted molar refractivity (Wildman–Crippen MR) is 84.9 cm³/mol. The highest BCUT2D eigenvalue weighted by Gasteiger charge is 2.10. The van der Waals surface area contributed by atoms with Gasteiger partial charge in [-0.05, 0) is 38.2 Å². The molecule has 5 nitrogen and oxygen atoms in total. The lowest BCUT2D eigenvalue weighted by molar-refractivity contribution is 0.0946. The van der Waals surface area contributed by atoms with E-state index in [2.05, 4.69) is 40.9 Å². The van der Waals surface area contributed by atoms with Gasteiger partial charge in [0.15, 0.2) is 0 Å². The van der Waals surface area contributed by atoms with Gasteiger partial charge in [-0.2, -0.15) is 0 Å². The van der Waals surface area contributed by atoms with E-state index in [1.54, 1.807) is 18.3 Å². The molecule has 114 valence electrons. The fourth-order valence-corrected chi connectivity index (χ4v) is 1.96. The minimum absolute atomic E-state index is 0.184. The first-order chi connectivity index (χ1) is 10.2. The number of nitrogens with one attached hydrogen (secondary N) is 1. The number of pyridine rings is 1. The summed E-state index contributed by atoms with van der Waals surface area (Å²) in [5.41, 5.74) is 6.33. The molecule has 1 rings (SSSR count). The average Bonchev–Trinajstić information content (AvgIpc) is 2.53. The van der Waals surface area contributed by atoms with E-state index in [1.165, 1.54) is 0 Å². The van der Waals surface area contributed by atoms with Crippen molar-refractivity contribution in [1.29, 1.82) is 0 Å². The molecule has 0 aliphatic rings. The summed E-state index contributed by atoms with van der Waals surface area (Å²) < 4.78 is 0. The van der Waals surface area contributed by atoms with E-state index in [-0.39, 0.29) is 12.5 Å². The first-order valence-electron chi connectivity index (χ1n) is 7.37. The number of hydrogen-bond donors (Lipinski definition) is 2. The molecule has 1 aromatic heterocycles. The normalized spacial score (nSPS) is 10.1. The minimum atomic E-state index is -0.184. The standard InChI is InChI=1S/C16H24N4O/c1-3-20(4-2)13-7-12-19-16(21)15-14(8-5-10-17)9-6-11-18-15/h6,9,11H,3-4,7,10,12-13,17H2,1-2H3,(H,19,21). The monoisotopic (exact) mass is 288 g/mol. The van der Waals surface area contributed by atoms with Gasteiger partial charge in [-0.25, -0.2) is 4.98 Å². The quantitative estimate of drug-likeness (QED) is 0.576. The Morgan fingerprint density at radius 1 is 1.43 bits per heavy atom.